The average Bonchev–Trinajstić information content (AvgIpc) is 2.65. The van der Waals surface area contributed by atoms with Gasteiger partial charge in [0.15, 0.2) is 0 Å². The molecule has 2 N–H and O–H groups in total. The van der Waals surface area contributed by atoms with Crippen LogP contribution in [0.3, 0.4) is 0 Å². The van der Waals surface area contributed by atoms with Gasteiger partial charge in [-0.25, -0.2) is 4.98 Å². The van der Waals surface area contributed by atoms with Crippen molar-refractivity contribution >= 4 is 5.82 Å². The number of nitrogen functional groups attached to an aromatic ring is 1. The first-order chi connectivity index (χ1) is 13.0. The minimum absolute atomic E-state index is 0.699. The van der Waals surface area contributed by atoms with Crippen LogP contribution in [0.25, 0.3) is 0 Å². The average molecular weight is 366 g/mol. The highest BCUT2D eigenvalue weighted by Crippen LogP contribution is 2.21. The highest BCUT2D eigenvalue weighted by Gasteiger charge is 2.08. The summed E-state index contributed by atoms with van der Waals surface area (Å²) in [5.74, 6) is 0.699. The second-order valence-electron chi connectivity index (χ2n) is 7.54. The number of benzene rings is 1. The summed E-state index contributed by atoms with van der Waals surface area (Å²) >= 11 is 0. The molecular weight excluding hydrogens is 330 g/mol. The first-order valence-electron chi connectivity index (χ1n) is 10.2. The van der Waals surface area contributed by atoms with Crippen LogP contribution in [0.2, 0.25) is 0 Å². The zero-order valence-electron chi connectivity index (χ0n) is 17.3. The molecule has 27 heavy (non-hydrogen) atoms. The molecule has 0 atom stereocenters. The van der Waals surface area contributed by atoms with Crippen LogP contribution < -0.4 is 5.73 Å². The molecule has 0 saturated carbocycles. The zero-order chi connectivity index (χ0) is 19.6. The number of aromatic nitrogens is 1. The molecule has 1 aromatic carbocycles. The fourth-order valence-corrected chi connectivity index (χ4v) is 3.34. The molecular formula is C24H35N3. The second-order valence-corrected chi connectivity index (χ2v) is 7.54. The molecule has 0 aliphatic rings. The quantitative estimate of drug-likeness (QED) is 0.434. The molecule has 0 aliphatic heterocycles. The molecule has 0 radical (unpaired) electrons. The highest BCUT2D eigenvalue weighted by atomic mass is 15.1. The van der Waals surface area contributed by atoms with Crippen molar-refractivity contribution in [3.8, 4) is 0 Å². The normalized spacial score (nSPS) is 11.1. The Morgan fingerprint density at radius 3 is 2.48 bits per heavy atom. The predicted octanol–water partition coefficient (Wildman–Crippen LogP) is 5.30. The van der Waals surface area contributed by atoms with Gasteiger partial charge in [-0.1, -0.05) is 56.2 Å². The Bertz CT molecular complexity index is 719. The van der Waals surface area contributed by atoms with E-state index in [1.54, 1.807) is 0 Å². The third-order valence-electron chi connectivity index (χ3n) is 5.06. The van der Waals surface area contributed by atoms with Gasteiger partial charge in [-0.05, 0) is 61.9 Å². The number of hydrogen-bond acceptors (Lipinski definition) is 3. The number of nitrogens with zero attached hydrogens (tertiary/aromatic N) is 2. The smallest absolute Gasteiger partial charge is 0.126 e. The SMILES string of the molecule is C=CCCN(C)Cc1ccc(Cc2cc(CCCCC)c(N)nc2C)cc1. The van der Waals surface area contributed by atoms with E-state index in [0.717, 1.165) is 38.0 Å². The highest BCUT2D eigenvalue weighted by molar-refractivity contribution is 5.45. The summed E-state index contributed by atoms with van der Waals surface area (Å²) in [5.41, 5.74) is 12.3. The van der Waals surface area contributed by atoms with Gasteiger partial charge >= 0.3 is 0 Å². The summed E-state index contributed by atoms with van der Waals surface area (Å²) in [4.78, 5) is 6.92. The van der Waals surface area contributed by atoms with E-state index in [2.05, 4.69) is 67.7 Å². The summed E-state index contributed by atoms with van der Waals surface area (Å²) in [6.45, 7) is 10.1. The lowest BCUT2D eigenvalue weighted by Gasteiger charge is -2.16. The summed E-state index contributed by atoms with van der Waals surface area (Å²) in [5, 5.41) is 0. The number of pyridine rings is 1. The van der Waals surface area contributed by atoms with E-state index in [9.17, 15) is 0 Å². The molecule has 146 valence electrons. The standard InChI is InChI=1S/C24H35N3/c1-5-7-9-10-22-17-23(19(3)26-24(22)25)16-20-11-13-21(14-12-20)18-27(4)15-8-6-2/h6,11-14,17H,2,5,7-10,15-16,18H2,1,3-4H3,(H2,25,26). The first kappa shape index (κ1) is 21.2. The maximum Gasteiger partial charge on any atom is 0.126 e. The minimum Gasteiger partial charge on any atom is -0.383 e. The third-order valence-corrected chi connectivity index (χ3v) is 5.06. The van der Waals surface area contributed by atoms with Crippen LogP contribution >= 0.6 is 0 Å². The lowest BCUT2D eigenvalue weighted by Crippen LogP contribution is -2.18. The van der Waals surface area contributed by atoms with Crippen LogP contribution in [0.5, 0.6) is 0 Å². The Kier molecular flexibility index (Phi) is 8.53. The van der Waals surface area contributed by atoms with E-state index in [-0.39, 0.29) is 0 Å². The molecule has 0 unspecified atom stereocenters. The van der Waals surface area contributed by atoms with Gasteiger partial charge in [-0.3, -0.25) is 0 Å². The number of anilines is 1. The van der Waals surface area contributed by atoms with Crippen molar-refractivity contribution in [3.63, 3.8) is 0 Å². The van der Waals surface area contributed by atoms with E-state index in [1.165, 1.54) is 41.5 Å². The number of rotatable bonds is 11. The summed E-state index contributed by atoms with van der Waals surface area (Å²) in [6, 6.07) is 11.2. The minimum atomic E-state index is 0.699. The molecule has 0 saturated heterocycles. The molecule has 0 amide bonds. The Hall–Kier alpha value is -2.13. The van der Waals surface area contributed by atoms with Crippen LogP contribution in [0.4, 0.5) is 5.82 Å². The molecule has 0 bridgehead atoms. The predicted molar refractivity (Wildman–Crippen MR) is 117 cm³/mol. The van der Waals surface area contributed by atoms with Crippen molar-refractivity contribution in [1.82, 2.24) is 9.88 Å². The van der Waals surface area contributed by atoms with E-state index in [4.69, 9.17) is 5.73 Å². The van der Waals surface area contributed by atoms with E-state index < -0.39 is 0 Å². The number of nitrogens with two attached hydrogens (primary N) is 1. The van der Waals surface area contributed by atoms with E-state index in [1.807, 2.05) is 6.08 Å². The molecule has 0 fully saturated rings. The monoisotopic (exact) mass is 365 g/mol. The van der Waals surface area contributed by atoms with Gasteiger partial charge in [0.25, 0.3) is 0 Å². The van der Waals surface area contributed by atoms with Gasteiger partial charge in [0.2, 0.25) is 0 Å². The van der Waals surface area contributed by atoms with E-state index in [0.29, 0.717) is 5.82 Å². The van der Waals surface area contributed by atoms with Crippen molar-refractivity contribution in [2.75, 3.05) is 19.3 Å². The topological polar surface area (TPSA) is 42.1 Å². The molecule has 2 rings (SSSR count). The number of unbranched alkanes of at least 4 members (excludes halogenated alkanes) is 2. The molecule has 3 heteroatoms. The second kappa shape index (κ2) is 10.9. The summed E-state index contributed by atoms with van der Waals surface area (Å²) < 4.78 is 0. The largest absolute Gasteiger partial charge is 0.383 e. The Morgan fingerprint density at radius 1 is 1.11 bits per heavy atom. The molecule has 2 aromatic rings. The fourth-order valence-electron chi connectivity index (χ4n) is 3.34. The van der Waals surface area contributed by atoms with Crippen LogP contribution in [0, 0.1) is 6.92 Å². The maximum atomic E-state index is 6.14. The molecule has 1 heterocycles. The summed E-state index contributed by atoms with van der Waals surface area (Å²) in [7, 11) is 2.15. The molecule has 3 nitrogen and oxygen atoms in total. The van der Waals surface area contributed by atoms with Gasteiger partial charge < -0.3 is 10.6 Å². The first-order valence-corrected chi connectivity index (χ1v) is 10.2. The van der Waals surface area contributed by atoms with Crippen molar-refractivity contribution in [2.45, 2.75) is 58.9 Å². The Labute approximate surface area is 165 Å². The maximum absolute atomic E-state index is 6.14. The van der Waals surface area contributed by atoms with Crippen LogP contribution in [0.15, 0.2) is 43.0 Å². The number of aryl methyl sites for hydroxylation is 2. The van der Waals surface area contributed by atoms with Gasteiger partial charge in [-0.2, -0.15) is 0 Å². The number of hydrogen-bond donors (Lipinski definition) is 1. The van der Waals surface area contributed by atoms with Gasteiger partial charge in [0.1, 0.15) is 5.82 Å². The van der Waals surface area contributed by atoms with Crippen molar-refractivity contribution in [2.24, 2.45) is 0 Å². The third kappa shape index (κ3) is 6.84. The van der Waals surface area contributed by atoms with Crippen molar-refractivity contribution in [1.29, 1.82) is 0 Å². The molecule has 0 aliphatic carbocycles. The zero-order valence-corrected chi connectivity index (χ0v) is 17.3. The van der Waals surface area contributed by atoms with Gasteiger partial charge in [0.05, 0.1) is 0 Å². The lowest BCUT2D eigenvalue weighted by atomic mass is 9.99. The van der Waals surface area contributed by atoms with Crippen LogP contribution in [0.1, 0.15) is 60.6 Å². The van der Waals surface area contributed by atoms with Crippen LogP contribution in [-0.2, 0) is 19.4 Å². The lowest BCUT2D eigenvalue weighted by molar-refractivity contribution is 0.333. The van der Waals surface area contributed by atoms with Gasteiger partial charge in [0, 0.05) is 18.8 Å². The molecule has 1 aromatic heterocycles. The van der Waals surface area contributed by atoms with Crippen LogP contribution in [-0.4, -0.2) is 23.5 Å². The van der Waals surface area contributed by atoms with Crippen molar-refractivity contribution in [3.05, 3.63) is 70.9 Å². The fraction of sp³-hybridized carbons (Fsp3) is 0.458. The Balaban J connectivity index is 2.03. The van der Waals surface area contributed by atoms with Gasteiger partial charge in [-0.15, -0.1) is 6.58 Å². The van der Waals surface area contributed by atoms with Crippen molar-refractivity contribution < 1.29 is 0 Å². The Morgan fingerprint density at radius 2 is 1.81 bits per heavy atom. The van der Waals surface area contributed by atoms with E-state index >= 15 is 0 Å². The molecule has 0 spiro atoms. The summed E-state index contributed by atoms with van der Waals surface area (Å²) in [6.07, 6.45) is 8.57.